The van der Waals surface area contributed by atoms with Crippen molar-refractivity contribution in [1.82, 2.24) is 5.32 Å². The zero-order chi connectivity index (χ0) is 12.0. The van der Waals surface area contributed by atoms with Crippen molar-refractivity contribution in [2.45, 2.75) is 20.3 Å². The lowest BCUT2D eigenvalue weighted by Gasteiger charge is -2.11. The molecule has 3 heteroatoms. The highest BCUT2D eigenvalue weighted by Crippen LogP contribution is 2.26. The number of hydrogen-bond donors (Lipinski definition) is 1. The maximum Gasteiger partial charge on any atom is 0.123 e. The first-order valence-electron chi connectivity index (χ1n) is 5.67. The lowest BCUT2D eigenvalue weighted by atomic mass is 10.1. The molecule has 0 atom stereocenters. The molecule has 1 N–H and O–H groups in total. The highest BCUT2D eigenvalue weighted by molar-refractivity contribution is 6.31. The predicted octanol–water partition coefficient (Wildman–Crippen LogP) is 3.14. The van der Waals surface area contributed by atoms with Crippen LogP contribution in [-0.2, 0) is 6.42 Å². The van der Waals surface area contributed by atoms with Crippen molar-refractivity contribution in [1.29, 1.82) is 0 Å². The molecule has 0 aliphatic heterocycles. The van der Waals surface area contributed by atoms with Crippen molar-refractivity contribution in [2.24, 2.45) is 5.92 Å². The number of methoxy groups -OCH3 is 1. The molecule has 0 aromatic heterocycles. The normalized spacial score (nSPS) is 10.8. The summed E-state index contributed by atoms with van der Waals surface area (Å²) >= 11 is 6.14. The van der Waals surface area contributed by atoms with Gasteiger partial charge in [-0.1, -0.05) is 31.5 Å². The number of halogens is 1. The Morgan fingerprint density at radius 1 is 1.38 bits per heavy atom. The van der Waals surface area contributed by atoms with Gasteiger partial charge in [-0.25, -0.2) is 0 Å². The van der Waals surface area contributed by atoms with Crippen LogP contribution in [0.25, 0.3) is 0 Å². The molecule has 2 nitrogen and oxygen atoms in total. The van der Waals surface area contributed by atoms with Gasteiger partial charge in [0.25, 0.3) is 0 Å². The molecule has 0 saturated heterocycles. The Bertz CT molecular complexity index is 326. The lowest BCUT2D eigenvalue weighted by molar-refractivity contribution is 0.409. The molecule has 0 radical (unpaired) electrons. The summed E-state index contributed by atoms with van der Waals surface area (Å²) in [5.41, 5.74) is 1.09. The first-order valence-corrected chi connectivity index (χ1v) is 6.05. The first kappa shape index (κ1) is 13.3. The summed E-state index contributed by atoms with van der Waals surface area (Å²) in [4.78, 5) is 0. The summed E-state index contributed by atoms with van der Waals surface area (Å²) in [7, 11) is 1.68. The highest BCUT2D eigenvalue weighted by atomic mass is 35.5. The number of ether oxygens (including phenoxy) is 1. The fourth-order valence-electron chi connectivity index (χ4n) is 1.58. The molecule has 0 amide bonds. The Morgan fingerprint density at radius 2 is 2.12 bits per heavy atom. The van der Waals surface area contributed by atoms with Crippen LogP contribution < -0.4 is 10.1 Å². The maximum atomic E-state index is 6.14. The van der Waals surface area contributed by atoms with Crippen LogP contribution in [0.4, 0.5) is 0 Å². The van der Waals surface area contributed by atoms with Crippen LogP contribution in [0.5, 0.6) is 5.75 Å². The second kappa shape index (κ2) is 6.77. The second-order valence-corrected chi connectivity index (χ2v) is 4.68. The molecular weight excluding hydrogens is 222 g/mol. The minimum atomic E-state index is 0.674. The summed E-state index contributed by atoms with van der Waals surface area (Å²) in [6, 6.07) is 5.76. The van der Waals surface area contributed by atoms with Crippen molar-refractivity contribution in [2.75, 3.05) is 20.2 Å². The molecule has 1 rings (SSSR count). The molecule has 0 aliphatic carbocycles. The van der Waals surface area contributed by atoms with Gasteiger partial charge in [0, 0.05) is 10.6 Å². The van der Waals surface area contributed by atoms with Crippen molar-refractivity contribution < 1.29 is 4.74 Å². The van der Waals surface area contributed by atoms with Gasteiger partial charge in [0.05, 0.1) is 7.11 Å². The SMILES string of the molecule is COc1cccc(Cl)c1CCNCC(C)C. The quantitative estimate of drug-likeness (QED) is 0.773. The third-order valence-electron chi connectivity index (χ3n) is 2.40. The second-order valence-electron chi connectivity index (χ2n) is 4.27. The van der Waals surface area contributed by atoms with Crippen molar-refractivity contribution in [3.63, 3.8) is 0 Å². The van der Waals surface area contributed by atoms with Gasteiger partial charge in [0.2, 0.25) is 0 Å². The Morgan fingerprint density at radius 3 is 2.75 bits per heavy atom. The molecule has 0 heterocycles. The van der Waals surface area contributed by atoms with Crippen LogP contribution in [0, 0.1) is 5.92 Å². The molecule has 16 heavy (non-hydrogen) atoms. The average Bonchev–Trinajstić information content (AvgIpc) is 2.25. The molecule has 1 aromatic carbocycles. The van der Waals surface area contributed by atoms with E-state index < -0.39 is 0 Å². The molecule has 0 spiro atoms. The van der Waals surface area contributed by atoms with Crippen molar-refractivity contribution in [3.8, 4) is 5.75 Å². The molecule has 90 valence electrons. The first-order chi connectivity index (χ1) is 7.65. The van der Waals surface area contributed by atoms with E-state index in [1.54, 1.807) is 7.11 Å². The van der Waals surface area contributed by atoms with Crippen LogP contribution in [0.2, 0.25) is 5.02 Å². The molecule has 1 aromatic rings. The van der Waals surface area contributed by atoms with Crippen LogP contribution in [0.1, 0.15) is 19.4 Å². The fourth-order valence-corrected chi connectivity index (χ4v) is 1.84. The van der Waals surface area contributed by atoms with E-state index in [4.69, 9.17) is 16.3 Å². The summed E-state index contributed by atoms with van der Waals surface area (Å²) in [6.07, 6.45) is 0.898. The molecule has 0 fully saturated rings. The molecular formula is C13H20ClNO. The van der Waals surface area contributed by atoms with Gasteiger partial charge in [0.1, 0.15) is 5.75 Å². The zero-order valence-corrected chi connectivity index (χ0v) is 11.0. The number of benzene rings is 1. The van der Waals surface area contributed by atoms with Gasteiger partial charge in [-0.2, -0.15) is 0 Å². The third kappa shape index (κ3) is 4.03. The van der Waals surface area contributed by atoms with E-state index in [-0.39, 0.29) is 0 Å². The molecule has 0 unspecified atom stereocenters. The van der Waals surface area contributed by atoms with Crippen LogP contribution >= 0.6 is 11.6 Å². The van der Waals surface area contributed by atoms with Gasteiger partial charge in [-0.05, 0) is 37.6 Å². The smallest absolute Gasteiger partial charge is 0.123 e. The third-order valence-corrected chi connectivity index (χ3v) is 2.75. The molecule has 0 bridgehead atoms. The average molecular weight is 242 g/mol. The number of rotatable bonds is 6. The summed E-state index contributed by atoms with van der Waals surface area (Å²) in [6.45, 7) is 6.36. The Hall–Kier alpha value is -0.730. The highest BCUT2D eigenvalue weighted by Gasteiger charge is 2.06. The van der Waals surface area contributed by atoms with E-state index in [0.717, 1.165) is 35.8 Å². The van der Waals surface area contributed by atoms with Gasteiger partial charge in [-0.15, -0.1) is 0 Å². The zero-order valence-electron chi connectivity index (χ0n) is 10.2. The molecule has 0 aliphatic rings. The van der Waals surface area contributed by atoms with Crippen LogP contribution in [0.3, 0.4) is 0 Å². The largest absolute Gasteiger partial charge is 0.496 e. The standard InChI is InChI=1S/C13H20ClNO/c1-10(2)9-15-8-7-11-12(14)5-4-6-13(11)16-3/h4-6,10,15H,7-9H2,1-3H3. The van der Waals surface area contributed by atoms with E-state index in [2.05, 4.69) is 19.2 Å². The van der Waals surface area contributed by atoms with Crippen molar-refractivity contribution >= 4 is 11.6 Å². The monoisotopic (exact) mass is 241 g/mol. The van der Waals surface area contributed by atoms with Crippen molar-refractivity contribution in [3.05, 3.63) is 28.8 Å². The minimum Gasteiger partial charge on any atom is -0.496 e. The van der Waals surface area contributed by atoms with E-state index >= 15 is 0 Å². The van der Waals surface area contributed by atoms with E-state index in [1.165, 1.54) is 0 Å². The van der Waals surface area contributed by atoms with E-state index in [1.807, 2.05) is 18.2 Å². The summed E-state index contributed by atoms with van der Waals surface area (Å²) in [5.74, 6) is 1.55. The summed E-state index contributed by atoms with van der Waals surface area (Å²) in [5, 5.41) is 4.18. The van der Waals surface area contributed by atoms with Gasteiger partial charge in [-0.3, -0.25) is 0 Å². The predicted molar refractivity (Wildman–Crippen MR) is 69.4 cm³/mol. The van der Waals surface area contributed by atoms with Gasteiger partial charge >= 0.3 is 0 Å². The van der Waals surface area contributed by atoms with Gasteiger partial charge < -0.3 is 10.1 Å². The van der Waals surface area contributed by atoms with Crippen LogP contribution in [-0.4, -0.2) is 20.2 Å². The topological polar surface area (TPSA) is 21.3 Å². The van der Waals surface area contributed by atoms with Crippen LogP contribution in [0.15, 0.2) is 18.2 Å². The van der Waals surface area contributed by atoms with E-state index in [9.17, 15) is 0 Å². The minimum absolute atomic E-state index is 0.674. The Balaban J connectivity index is 2.52. The van der Waals surface area contributed by atoms with E-state index in [0.29, 0.717) is 5.92 Å². The van der Waals surface area contributed by atoms with Gasteiger partial charge in [0.15, 0.2) is 0 Å². The maximum absolute atomic E-state index is 6.14. The number of nitrogens with one attached hydrogen (secondary N) is 1. The summed E-state index contributed by atoms with van der Waals surface area (Å²) < 4.78 is 5.29. The molecule has 0 saturated carbocycles. The Labute approximate surface area is 103 Å². The lowest BCUT2D eigenvalue weighted by Crippen LogP contribution is -2.22. The fraction of sp³-hybridized carbons (Fsp3) is 0.538. The number of hydrogen-bond acceptors (Lipinski definition) is 2. The Kier molecular flexibility index (Phi) is 5.64.